The first-order valence-electron chi connectivity index (χ1n) is 8.97. The lowest BCUT2D eigenvalue weighted by Gasteiger charge is -2.43. The van der Waals surface area contributed by atoms with Crippen molar-refractivity contribution < 1.29 is 19.1 Å². The van der Waals surface area contributed by atoms with Gasteiger partial charge in [0.15, 0.2) is 5.58 Å². The number of aromatic nitrogens is 1. The minimum atomic E-state index is -1.03. The quantitative estimate of drug-likeness (QED) is 0.903. The molecule has 0 aliphatic carbocycles. The minimum absolute atomic E-state index is 0.0243. The number of fused-ring (bicyclic) bond motifs is 1. The van der Waals surface area contributed by atoms with Gasteiger partial charge in [-0.05, 0) is 31.9 Å². The molecule has 0 radical (unpaired) electrons. The average molecular weight is 359 g/mol. The van der Waals surface area contributed by atoms with Crippen LogP contribution in [0, 0.1) is 5.92 Å². The normalized spacial score (nSPS) is 20.8. The number of aromatic carboxylic acids is 1. The number of benzene rings is 1. The molecule has 1 fully saturated rings. The molecule has 1 N–H and O–H groups in total. The summed E-state index contributed by atoms with van der Waals surface area (Å²) in [6.45, 7) is 9.33. The minimum Gasteiger partial charge on any atom is -0.478 e. The second kappa shape index (κ2) is 6.97. The fraction of sp³-hybridized carbons (Fsp3) is 0.526. The van der Waals surface area contributed by atoms with Crippen LogP contribution < -0.4 is 4.90 Å². The molecule has 7 heteroatoms. The number of amides is 1. The van der Waals surface area contributed by atoms with Crippen LogP contribution in [-0.4, -0.2) is 52.0 Å². The zero-order valence-electron chi connectivity index (χ0n) is 15.6. The number of carbonyl (C=O) groups is 2. The molecule has 140 valence electrons. The maximum atomic E-state index is 12.4. The molecule has 0 spiro atoms. The lowest BCUT2D eigenvalue weighted by molar-refractivity contribution is -0.133. The molecule has 1 aromatic heterocycles. The van der Waals surface area contributed by atoms with Gasteiger partial charge in [-0.15, -0.1) is 0 Å². The van der Waals surface area contributed by atoms with Gasteiger partial charge < -0.3 is 19.3 Å². The molecule has 1 aliphatic rings. The molecule has 3 rings (SSSR count). The number of anilines is 1. The van der Waals surface area contributed by atoms with E-state index in [1.807, 2.05) is 37.5 Å². The van der Waals surface area contributed by atoms with E-state index in [4.69, 9.17) is 4.42 Å². The summed E-state index contributed by atoms with van der Waals surface area (Å²) >= 11 is 0. The summed E-state index contributed by atoms with van der Waals surface area (Å²) in [7, 11) is 0. The number of carboxylic acids is 1. The Morgan fingerprint density at radius 2 is 1.92 bits per heavy atom. The number of piperazine rings is 1. The first-order chi connectivity index (χ1) is 12.3. The molecule has 1 amide bonds. The number of hydrogen-bond acceptors (Lipinski definition) is 5. The van der Waals surface area contributed by atoms with E-state index in [0.717, 1.165) is 0 Å². The van der Waals surface area contributed by atoms with Crippen molar-refractivity contribution in [3.8, 4) is 0 Å². The summed E-state index contributed by atoms with van der Waals surface area (Å²) in [4.78, 5) is 32.2. The zero-order chi connectivity index (χ0) is 19.0. The van der Waals surface area contributed by atoms with Gasteiger partial charge in [0.2, 0.25) is 5.91 Å². The van der Waals surface area contributed by atoms with Gasteiger partial charge in [0.05, 0.1) is 5.56 Å². The molecule has 2 heterocycles. The topological polar surface area (TPSA) is 86.9 Å². The first-order valence-corrected chi connectivity index (χ1v) is 8.97. The van der Waals surface area contributed by atoms with Crippen LogP contribution in [0.3, 0.4) is 0 Å². The highest BCUT2D eigenvalue weighted by atomic mass is 16.4. The van der Waals surface area contributed by atoms with Crippen LogP contribution in [0.25, 0.3) is 11.1 Å². The van der Waals surface area contributed by atoms with Gasteiger partial charge >= 0.3 is 5.97 Å². The van der Waals surface area contributed by atoms with Crippen molar-refractivity contribution in [1.82, 2.24) is 9.88 Å². The third-order valence-corrected chi connectivity index (χ3v) is 4.71. The number of rotatable bonds is 4. The summed E-state index contributed by atoms with van der Waals surface area (Å²) in [6, 6.07) is 5.34. The molecular formula is C19H25N3O4. The van der Waals surface area contributed by atoms with Crippen LogP contribution in [0.5, 0.6) is 0 Å². The highest BCUT2D eigenvalue weighted by Crippen LogP contribution is 2.29. The Morgan fingerprint density at radius 3 is 2.50 bits per heavy atom. The third kappa shape index (κ3) is 3.38. The van der Waals surface area contributed by atoms with Crippen molar-refractivity contribution in [2.24, 2.45) is 5.92 Å². The van der Waals surface area contributed by atoms with Gasteiger partial charge in [-0.1, -0.05) is 19.9 Å². The molecule has 1 saturated heterocycles. The summed E-state index contributed by atoms with van der Waals surface area (Å²) in [5.74, 6) is -0.526. The van der Waals surface area contributed by atoms with Gasteiger partial charge in [-0.2, -0.15) is 4.98 Å². The van der Waals surface area contributed by atoms with Crippen LogP contribution in [0.15, 0.2) is 22.6 Å². The summed E-state index contributed by atoms with van der Waals surface area (Å²) in [5.41, 5.74) is 0.939. The summed E-state index contributed by atoms with van der Waals surface area (Å²) in [5, 5.41) is 9.33. The smallest absolute Gasteiger partial charge is 0.338 e. The summed E-state index contributed by atoms with van der Waals surface area (Å²) in [6.07, 6.45) is 0.546. The lowest BCUT2D eigenvalue weighted by atomic mass is 10.1. The number of carbonyl (C=O) groups excluding carboxylic acids is 1. The standard InChI is InChI=1S/C19H25N3O4/c1-11(2)8-16(23)21-9-12(3)22(13(4)10-21)19-20-17-14(18(24)25)6-5-7-15(17)26-19/h5-7,11-13H,8-10H2,1-4H3,(H,24,25)/t12-,13-/m0/s1. The van der Waals surface area contributed by atoms with Crippen LogP contribution in [0.1, 0.15) is 44.5 Å². The van der Waals surface area contributed by atoms with Crippen molar-refractivity contribution in [3.63, 3.8) is 0 Å². The van der Waals surface area contributed by atoms with Crippen LogP contribution in [0.2, 0.25) is 0 Å². The van der Waals surface area contributed by atoms with E-state index in [0.29, 0.717) is 42.5 Å². The van der Waals surface area contributed by atoms with Crippen LogP contribution in [0.4, 0.5) is 6.01 Å². The first kappa shape index (κ1) is 18.2. The SMILES string of the molecule is CC(C)CC(=O)N1C[C@H](C)N(c2nc3c(C(=O)O)cccc3o2)[C@@H](C)C1. The highest BCUT2D eigenvalue weighted by molar-refractivity contribution is 6.00. The van der Waals surface area contributed by atoms with E-state index in [-0.39, 0.29) is 23.6 Å². The second-order valence-corrected chi connectivity index (χ2v) is 7.46. The van der Waals surface area contributed by atoms with E-state index in [2.05, 4.69) is 4.98 Å². The third-order valence-electron chi connectivity index (χ3n) is 4.71. The van der Waals surface area contributed by atoms with E-state index < -0.39 is 5.97 Å². The van der Waals surface area contributed by atoms with Crippen molar-refractivity contribution in [2.75, 3.05) is 18.0 Å². The highest BCUT2D eigenvalue weighted by Gasteiger charge is 2.34. The Hall–Kier alpha value is -2.57. The molecule has 1 aliphatic heterocycles. The van der Waals surface area contributed by atoms with Crippen LogP contribution >= 0.6 is 0 Å². The van der Waals surface area contributed by atoms with Gasteiger partial charge in [0, 0.05) is 31.6 Å². The molecule has 7 nitrogen and oxygen atoms in total. The molecule has 1 aromatic carbocycles. The van der Waals surface area contributed by atoms with Crippen molar-refractivity contribution in [2.45, 2.75) is 46.2 Å². The maximum Gasteiger partial charge on any atom is 0.338 e. The fourth-order valence-electron chi connectivity index (χ4n) is 3.60. The molecule has 0 bridgehead atoms. The van der Waals surface area contributed by atoms with Gasteiger partial charge in [0.1, 0.15) is 5.52 Å². The lowest BCUT2D eigenvalue weighted by Crippen LogP contribution is -2.58. The Bertz CT molecular complexity index is 817. The Labute approximate surface area is 152 Å². The monoisotopic (exact) mass is 359 g/mol. The number of carboxylic acid groups (broad SMARTS) is 1. The van der Waals surface area contributed by atoms with Crippen molar-refractivity contribution in [1.29, 1.82) is 0 Å². The van der Waals surface area contributed by atoms with Crippen molar-refractivity contribution in [3.05, 3.63) is 23.8 Å². The Balaban J connectivity index is 1.86. The second-order valence-electron chi connectivity index (χ2n) is 7.46. The van der Waals surface area contributed by atoms with Crippen molar-refractivity contribution >= 4 is 29.0 Å². The maximum absolute atomic E-state index is 12.4. The predicted molar refractivity (Wildman–Crippen MR) is 98.4 cm³/mol. The number of nitrogens with zero attached hydrogens (tertiary/aromatic N) is 3. The van der Waals surface area contributed by atoms with Crippen LogP contribution in [-0.2, 0) is 4.79 Å². The molecule has 0 saturated carbocycles. The van der Waals surface area contributed by atoms with Gasteiger partial charge in [-0.3, -0.25) is 4.79 Å². The Morgan fingerprint density at radius 1 is 1.27 bits per heavy atom. The number of oxazole rings is 1. The molecule has 2 atom stereocenters. The molecule has 26 heavy (non-hydrogen) atoms. The van der Waals surface area contributed by atoms with E-state index >= 15 is 0 Å². The molecule has 2 aromatic rings. The van der Waals surface area contributed by atoms with Gasteiger partial charge in [0.25, 0.3) is 6.01 Å². The van der Waals surface area contributed by atoms with Gasteiger partial charge in [-0.25, -0.2) is 4.79 Å². The zero-order valence-corrected chi connectivity index (χ0v) is 15.6. The predicted octanol–water partition coefficient (Wildman–Crippen LogP) is 3.00. The number of para-hydroxylation sites is 1. The summed E-state index contributed by atoms with van der Waals surface area (Å²) < 4.78 is 5.85. The Kier molecular flexibility index (Phi) is 4.89. The van der Waals surface area contributed by atoms with E-state index in [1.165, 1.54) is 6.07 Å². The average Bonchev–Trinajstić information content (AvgIpc) is 2.96. The molecular weight excluding hydrogens is 334 g/mol. The largest absolute Gasteiger partial charge is 0.478 e. The fourth-order valence-corrected chi connectivity index (χ4v) is 3.60. The van der Waals surface area contributed by atoms with E-state index in [9.17, 15) is 14.7 Å². The number of hydrogen-bond donors (Lipinski definition) is 1. The molecule has 0 unspecified atom stereocenters. The van der Waals surface area contributed by atoms with E-state index in [1.54, 1.807) is 12.1 Å².